The molecule has 1 atom stereocenters. The van der Waals surface area contributed by atoms with Gasteiger partial charge in [0.15, 0.2) is 0 Å². The van der Waals surface area contributed by atoms with E-state index in [0.717, 1.165) is 5.56 Å². The second-order valence-electron chi connectivity index (χ2n) is 5.13. The SMILES string of the molecule is CC(C)OCCCNC(=O)C(=O)N[C@@H](C)c1ccccc1. The van der Waals surface area contributed by atoms with Gasteiger partial charge in [0.25, 0.3) is 0 Å². The first-order valence-electron chi connectivity index (χ1n) is 7.26. The third-order valence-corrected chi connectivity index (χ3v) is 2.91. The predicted molar refractivity (Wildman–Crippen MR) is 81.7 cm³/mol. The van der Waals surface area contributed by atoms with Crippen LogP contribution in [0.5, 0.6) is 0 Å². The van der Waals surface area contributed by atoms with E-state index < -0.39 is 11.8 Å². The van der Waals surface area contributed by atoms with Gasteiger partial charge in [-0.1, -0.05) is 30.3 Å². The molecule has 0 aliphatic rings. The van der Waals surface area contributed by atoms with E-state index >= 15 is 0 Å². The van der Waals surface area contributed by atoms with Crippen LogP contribution in [-0.4, -0.2) is 31.1 Å². The van der Waals surface area contributed by atoms with Gasteiger partial charge in [0.1, 0.15) is 0 Å². The zero-order valence-electron chi connectivity index (χ0n) is 12.9. The Balaban J connectivity index is 2.26. The highest BCUT2D eigenvalue weighted by Crippen LogP contribution is 2.10. The van der Waals surface area contributed by atoms with Crippen LogP contribution in [0.15, 0.2) is 30.3 Å². The van der Waals surface area contributed by atoms with Gasteiger partial charge in [-0.25, -0.2) is 0 Å². The Bertz CT molecular complexity index is 446. The number of carbonyl (C=O) groups is 2. The third kappa shape index (κ3) is 6.90. The van der Waals surface area contributed by atoms with Crippen molar-refractivity contribution in [1.29, 1.82) is 0 Å². The molecule has 0 fully saturated rings. The molecule has 5 nitrogen and oxygen atoms in total. The maximum Gasteiger partial charge on any atom is 0.309 e. The van der Waals surface area contributed by atoms with E-state index in [1.807, 2.05) is 51.1 Å². The van der Waals surface area contributed by atoms with Crippen molar-refractivity contribution >= 4 is 11.8 Å². The molecule has 0 spiro atoms. The molecule has 2 amide bonds. The maximum atomic E-state index is 11.7. The smallest absolute Gasteiger partial charge is 0.309 e. The van der Waals surface area contributed by atoms with Crippen molar-refractivity contribution in [2.45, 2.75) is 39.3 Å². The fourth-order valence-corrected chi connectivity index (χ4v) is 1.76. The number of amides is 2. The Hall–Kier alpha value is -1.88. The van der Waals surface area contributed by atoms with Crippen LogP contribution >= 0.6 is 0 Å². The molecular weight excluding hydrogens is 268 g/mol. The topological polar surface area (TPSA) is 67.4 Å². The van der Waals surface area contributed by atoms with Gasteiger partial charge in [-0.2, -0.15) is 0 Å². The van der Waals surface area contributed by atoms with Crippen molar-refractivity contribution < 1.29 is 14.3 Å². The predicted octanol–water partition coefficient (Wildman–Crippen LogP) is 1.80. The highest BCUT2D eigenvalue weighted by Gasteiger charge is 2.16. The monoisotopic (exact) mass is 292 g/mol. The largest absolute Gasteiger partial charge is 0.379 e. The summed E-state index contributed by atoms with van der Waals surface area (Å²) in [6.45, 7) is 6.75. The van der Waals surface area contributed by atoms with E-state index in [9.17, 15) is 9.59 Å². The molecule has 21 heavy (non-hydrogen) atoms. The number of benzene rings is 1. The molecule has 0 bridgehead atoms. The minimum atomic E-state index is -0.615. The van der Waals surface area contributed by atoms with E-state index in [-0.39, 0.29) is 12.1 Å². The minimum absolute atomic E-state index is 0.177. The van der Waals surface area contributed by atoms with Crippen LogP contribution in [0.1, 0.15) is 38.8 Å². The van der Waals surface area contributed by atoms with Crippen LogP contribution in [0.25, 0.3) is 0 Å². The Morgan fingerprint density at radius 3 is 2.38 bits per heavy atom. The zero-order valence-corrected chi connectivity index (χ0v) is 12.9. The highest BCUT2D eigenvalue weighted by atomic mass is 16.5. The molecule has 116 valence electrons. The Morgan fingerprint density at radius 1 is 1.10 bits per heavy atom. The first-order chi connectivity index (χ1) is 10.0. The third-order valence-electron chi connectivity index (χ3n) is 2.91. The van der Waals surface area contributed by atoms with Crippen molar-refractivity contribution in [3.05, 3.63) is 35.9 Å². The lowest BCUT2D eigenvalue weighted by atomic mass is 10.1. The van der Waals surface area contributed by atoms with Crippen molar-refractivity contribution in [3.63, 3.8) is 0 Å². The van der Waals surface area contributed by atoms with Gasteiger partial charge in [0, 0.05) is 13.2 Å². The number of ether oxygens (including phenoxy) is 1. The lowest BCUT2D eigenvalue weighted by Crippen LogP contribution is -2.41. The molecule has 5 heteroatoms. The molecule has 0 unspecified atom stereocenters. The summed E-state index contributed by atoms with van der Waals surface area (Å²) in [4.78, 5) is 23.4. The van der Waals surface area contributed by atoms with Crippen molar-refractivity contribution in [3.8, 4) is 0 Å². The summed E-state index contributed by atoms with van der Waals surface area (Å²) < 4.78 is 5.35. The number of hydrogen-bond acceptors (Lipinski definition) is 3. The normalized spacial score (nSPS) is 12.0. The van der Waals surface area contributed by atoms with Crippen molar-refractivity contribution in [2.75, 3.05) is 13.2 Å². The Kier molecular flexibility index (Phi) is 7.46. The Morgan fingerprint density at radius 2 is 1.76 bits per heavy atom. The second kappa shape index (κ2) is 9.13. The highest BCUT2D eigenvalue weighted by molar-refractivity contribution is 6.35. The molecule has 0 heterocycles. The van der Waals surface area contributed by atoms with Crippen LogP contribution in [0.4, 0.5) is 0 Å². The van der Waals surface area contributed by atoms with E-state index in [2.05, 4.69) is 10.6 Å². The van der Waals surface area contributed by atoms with Gasteiger partial charge in [0.2, 0.25) is 0 Å². The van der Waals surface area contributed by atoms with Gasteiger partial charge >= 0.3 is 11.8 Å². The zero-order chi connectivity index (χ0) is 15.7. The first kappa shape index (κ1) is 17.2. The number of nitrogens with one attached hydrogen (secondary N) is 2. The van der Waals surface area contributed by atoms with Crippen LogP contribution in [0, 0.1) is 0 Å². The molecule has 1 aromatic rings. The number of carbonyl (C=O) groups excluding carboxylic acids is 2. The van der Waals surface area contributed by atoms with Gasteiger partial charge in [0.05, 0.1) is 12.1 Å². The number of hydrogen-bond donors (Lipinski definition) is 2. The molecule has 1 rings (SSSR count). The molecule has 0 radical (unpaired) electrons. The molecule has 0 aliphatic heterocycles. The van der Waals surface area contributed by atoms with E-state index in [1.165, 1.54) is 0 Å². The molecule has 0 saturated heterocycles. The van der Waals surface area contributed by atoms with E-state index in [0.29, 0.717) is 19.6 Å². The van der Waals surface area contributed by atoms with Crippen molar-refractivity contribution in [1.82, 2.24) is 10.6 Å². The van der Waals surface area contributed by atoms with Crippen LogP contribution < -0.4 is 10.6 Å². The Labute approximate surface area is 126 Å². The van der Waals surface area contributed by atoms with Gasteiger partial charge < -0.3 is 15.4 Å². The fraction of sp³-hybridized carbons (Fsp3) is 0.500. The lowest BCUT2D eigenvalue weighted by Gasteiger charge is -2.14. The molecular formula is C16H24N2O3. The number of rotatable bonds is 7. The molecule has 1 aromatic carbocycles. The van der Waals surface area contributed by atoms with Crippen LogP contribution in [0.2, 0.25) is 0 Å². The summed E-state index contributed by atoms with van der Waals surface area (Å²) in [5, 5.41) is 5.25. The lowest BCUT2D eigenvalue weighted by molar-refractivity contribution is -0.139. The summed E-state index contributed by atoms with van der Waals surface area (Å²) in [5.74, 6) is -1.22. The quantitative estimate of drug-likeness (QED) is 0.595. The minimum Gasteiger partial charge on any atom is -0.379 e. The van der Waals surface area contributed by atoms with Gasteiger partial charge in [-0.15, -0.1) is 0 Å². The standard InChI is InChI=1S/C16H24N2O3/c1-12(2)21-11-7-10-17-15(19)16(20)18-13(3)14-8-5-4-6-9-14/h4-6,8-9,12-13H,7,10-11H2,1-3H3,(H,17,19)(H,18,20)/t13-/m0/s1. The summed E-state index contributed by atoms with van der Waals surface area (Å²) in [6.07, 6.45) is 0.863. The van der Waals surface area contributed by atoms with Crippen molar-refractivity contribution in [2.24, 2.45) is 0 Å². The first-order valence-corrected chi connectivity index (χ1v) is 7.26. The molecule has 0 aliphatic carbocycles. The summed E-state index contributed by atoms with van der Waals surface area (Å²) in [7, 11) is 0. The summed E-state index contributed by atoms with van der Waals surface area (Å²) in [5.41, 5.74) is 0.962. The van der Waals surface area contributed by atoms with Crippen LogP contribution in [0.3, 0.4) is 0 Å². The van der Waals surface area contributed by atoms with E-state index in [1.54, 1.807) is 0 Å². The molecule has 0 saturated carbocycles. The molecule has 2 N–H and O–H groups in total. The summed E-state index contributed by atoms with van der Waals surface area (Å²) in [6, 6.07) is 9.32. The fourth-order valence-electron chi connectivity index (χ4n) is 1.76. The van der Waals surface area contributed by atoms with Crippen LogP contribution in [-0.2, 0) is 14.3 Å². The van der Waals surface area contributed by atoms with E-state index in [4.69, 9.17) is 4.74 Å². The summed E-state index contributed by atoms with van der Waals surface area (Å²) >= 11 is 0. The van der Waals surface area contributed by atoms with Gasteiger partial charge in [-0.05, 0) is 32.8 Å². The van der Waals surface area contributed by atoms with Gasteiger partial charge in [-0.3, -0.25) is 9.59 Å². The molecule has 0 aromatic heterocycles. The average Bonchev–Trinajstić information content (AvgIpc) is 2.47. The second-order valence-corrected chi connectivity index (χ2v) is 5.13. The average molecular weight is 292 g/mol. The maximum absolute atomic E-state index is 11.7.